The summed E-state index contributed by atoms with van der Waals surface area (Å²) in [6.07, 6.45) is 6.86. The predicted octanol–water partition coefficient (Wildman–Crippen LogP) is 4.29. The number of nitrogens with zero attached hydrogens (tertiary/aromatic N) is 4. The Bertz CT molecular complexity index is 1510. The molecule has 0 bridgehead atoms. The molecule has 1 aliphatic heterocycles. The third kappa shape index (κ3) is 6.18. The van der Waals surface area contributed by atoms with Gasteiger partial charge in [-0.2, -0.15) is 5.10 Å². The van der Waals surface area contributed by atoms with Gasteiger partial charge in [-0.05, 0) is 55.0 Å². The van der Waals surface area contributed by atoms with Crippen LogP contribution in [0.25, 0.3) is 16.9 Å². The first-order valence-corrected chi connectivity index (χ1v) is 13.9. The Morgan fingerprint density at radius 2 is 1.95 bits per heavy atom. The van der Waals surface area contributed by atoms with Crippen molar-refractivity contribution < 1.29 is 13.9 Å². The number of aryl methyl sites for hydroxylation is 1. The van der Waals surface area contributed by atoms with Crippen LogP contribution in [0.2, 0.25) is 0 Å². The zero-order valence-corrected chi connectivity index (χ0v) is 23.9. The first kappa shape index (κ1) is 28.5. The molecule has 1 aromatic carbocycles. The normalized spacial score (nSPS) is 22.5. The molecule has 3 aromatic rings. The Kier molecular flexibility index (Phi) is 8.51. The number of aromatic nitrogens is 3. The number of likely N-dealkylation sites (tertiary alicyclic amines) is 1. The van der Waals surface area contributed by atoms with Crippen LogP contribution in [-0.4, -0.2) is 64.7 Å². The molecule has 0 radical (unpaired) electrons. The number of para-hydroxylation sites is 1. The Hall–Kier alpha value is -4.02. The Morgan fingerprint density at radius 1 is 1.17 bits per heavy atom. The van der Waals surface area contributed by atoms with Crippen LogP contribution in [0.15, 0.2) is 77.5 Å². The van der Waals surface area contributed by atoms with Gasteiger partial charge in [-0.1, -0.05) is 31.2 Å². The molecule has 9 nitrogen and oxygen atoms in total. The number of methoxy groups -OCH3 is 1. The van der Waals surface area contributed by atoms with Crippen molar-refractivity contribution in [2.45, 2.75) is 19.9 Å². The zero-order chi connectivity index (χ0) is 29.1. The van der Waals surface area contributed by atoms with E-state index in [1.807, 2.05) is 50.3 Å². The highest BCUT2D eigenvalue weighted by molar-refractivity contribution is 5.91. The van der Waals surface area contributed by atoms with Crippen molar-refractivity contribution in [3.05, 3.63) is 88.6 Å². The lowest BCUT2D eigenvalue weighted by molar-refractivity contribution is 0.156. The lowest BCUT2D eigenvalue weighted by atomic mass is 9.77. The number of halogens is 1. The van der Waals surface area contributed by atoms with E-state index in [9.17, 15) is 14.0 Å². The molecule has 216 valence electrons. The van der Waals surface area contributed by atoms with Crippen molar-refractivity contribution >= 4 is 11.8 Å². The molecule has 2 N–H and O–H groups in total. The van der Waals surface area contributed by atoms with Crippen LogP contribution >= 0.6 is 0 Å². The number of amides is 2. The quantitative estimate of drug-likeness (QED) is 0.429. The molecule has 2 aliphatic rings. The van der Waals surface area contributed by atoms with Gasteiger partial charge in [-0.25, -0.2) is 13.9 Å². The summed E-state index contributed by atoms with van der Waals surface area (Å²) >= 11 is 0. The number of allylic oxidation sites excluding steroid dienone is 4. The third-order valence-corrected chi connectivity index (χ3v) is 8.08. The Labute approximate surface area is 239 Å². The van der Waals surface area contributed by atoms with Gasteiger partial charge in [-0.15, -0.1) is 0 Å². The highest BCUT2D eigenvalue weighted by Crippen LogP contribution is 2.35. The number of benzene rings is 1. The average Bonchev–Trinajstić information content (AvgIpc) is 3.49. The summed E-state index contributed by atoms with van der Waals surface area (Å²) in [7, 11) is 3.38. The van der Waals surface area contributed by atoms with Crippen LogP contribution in [0.1, 0.15) is 12.5 Å². The van der Waals surface area contributed by atoms with E-state index in [2.05, 4.69) is 15.5 Å². The Balaban J connectivity index is 1.42. The summed E-state index contributed by atoms with van der Waals surface area (Å²) in [4.78, 5) is 27.9. The monoisotopic (exact) mass is 560 g/mol. The zero-order valence-electron chi connectivity index (χ0n) is 23.9. The molecule has 41 heavy (non-hydrogen) atoms. The molecule has 10 heteroatoms. The van der Waals surface area contributed by atoms with Gasteiger partial charge < -0.3 is 14.6 Å². The fourth-order valence-electron chi connectivity index (χ4n) is 5.91. The van der Waals surface area contributed by atoms with Gasteiger partial charge >= 0.3 is 6.03 Å². The number of urea groups is 1. The maximum atomic E-state index is 13.9. The lowest BCUT2D eigenvalue weighted by Gasteiger charge is -2.31. The molecule has 1 aliphatic carbocycles. The summed E-state index contributed by atoms with van der Waals surface area (Å²) in [5.74, 6) is 0.545. The van der Waals surface area contributed by atoms with Gasteiger partial charge in [0.2, 0.25) is 5.56 Å². The maximum Gasteiger partial charge on any atom is 0.320 e. The van der Waals surface area contributed by atoms with Gasteiger partial charge in [0.05, 0.1) is 18.0 Å². The number of pyridine rings is 1. The highest BCUT2D eigenvalue weighted by atomic mass is 19.1. The van der Waals surface area contributed by atoms with Crippen LogP contribution in [0.4, 0.5) is 15.0 Å². The molecule has 5 rings (SSSR count). The van der Waals surface area contributed by atoms with Crippen LogP contribution in [-0.2, 0) is 11.8 Å². The third-order valence-electron chi connectivity index (χ3n) is 8.08. The number of hydrogen-bond acceptors (Lipinski definition) is 5. The summed E-state index contributed by atoms with van der Waals surface area (Å²) in [6.45, 7) is 6.73. The van der Waals surface area contributed by atoms with Gasteiger partial charge in [0.25, 0.3) is 0 Å². The molecule has 1 fully saturated rings. The Morgan fingerprint density at radius 3 is 2.66 bits per heavy atom. The summed E-state index contributed by atoms with van der Waals surface area (Å²) < 4.78 is 22.4. The van der Waals surface area contributed by atoms with E-state index in [0.717, 1.165) is 29.9 Å². The summed E-state index contributed by atoms with van der Waals surface area (Å²) in [6, 6.07) is 12.4. The molecule has 2 unspecified atom stereocenters. The van der Waals surface area contributed by atoms with Crippen molar-refractivity contribution in [3.8, 4) is 16.9 Å². The fraction of sp³-hybridized carbons (Fsp3) is 0.387. The molecule has 0 spiro atoms. The number of carbonyl (C=O) groups is 1. The van der Waals surface area contributed by atoms with Gasteiger partial charge in [0.15, 0.2) is 0 Å². The second-order valence-electron chi connectivity index (χ2n) is 10.9. The van der Waals surface area contributed by atoms with Crippen molar-refractivity contribution in [1.82, 2.24) is 24.6 Å². The summed E-state index contributed by atoms with van der Waals surface area (Å²) in [5.41, 5.74) is 2.89. The first-order valence-electron chi connectivity index (χ1n) is 13.9. The van der Waals surface area contributed by atoms with E-state index in [1.165, 1.54) is 16.7 Å². The topological polar surface area (TPSA) is 93.4 Å². The van der Waals surface area contributed by atoms with E-state index in [0.29, 0.717) is 24.7 Å². The largest absolute Gasteiger partial charge is 0.383 e. The standard InChI is InChI=1S/C31H37FN6O3/c1-20-16-23(32)11-12-25(20)26-18-37(14-15-41-4)19-27(26)33-31(40)34-30-21(2)29(22-10-13-28(39)36(3)17-22)35-38(30)24-8-6-5-7-9-24/h5-13,16-17,20,25-27H,14-15,18-19H2,1-4H3,(H2,33,34,40)/t20?,25?,26-,27+/m0/s1. The van der Waals surface area contributed by atoms with Gasteiger partial charge in [0.1, 0.15) is 11.6 Å². The second kappa shape index (κ2) is 12.2. The number of anilines is 1. The smallest absolute Gasteiger partial charge is 0.320 e. The number of hydrogen-bond donors (Lipinski definition) is 2. The number of ether oxygens (including phenoxy) is 1. The maximum absolute atomic E-state index is 13.9. The van der Waals surface area contributed by atoms with Crippen molar-refractivity contribution in [2.75, 3.05) is 38.7 Å². The molecule has 3 heterocycles. The van der Waals surface area contributed by atoms with Crippen LogP contribution < -0.4 is 16.2 Å². The van der Waals surface area contributed by atoms with E-state index in [1.54, 1.807) is 37.2 Å². The molecule has 4 atom stereocenters. The van der Waals surface area contributed by atoms with Gasteiger partial charge in [-0.3, -0.25) is 15.0 Å². The van der Waals surface area contributed by atoms with Crippen LogP contribution in [0.3, 0.4) is 0 Å². The number of carbonyl (C=O) groups excluding carboxylic acids is 1. The lowest BCUT2D eigenvalue weighted by Crippen LogP contribution is -2.45. The molecule has 2 aromatic heterocycles. The van der Waals surface area contributed by atoms with Gasteiger partial charge in [0, 0.05) is 63.2 Å². The number of nitrogens with one attached hydrogen (secondary N) is 2. The van der Waals surface area contributed by atoms with Crippen molar-refractivity contribution in [1.29, 1.82) is 0 Å². The SMILES string of the molecule is COCCN1C[C@@H](NC(=O)Nc2c(C)c(-c3ccc(=O)n(C)c3)nn2-c2ccccc2)[C@H](C2C=CC(F)=CC2C)C1. The minimum absolute atomic E-state index is 0.0193. The molecule has 1 saturated heterocycles. The number of rotatable bonds is 8. The van der Waals surface area contributed by atoms with E-state index in [-0.39, 0.29) is 41.2 Å². The molecule has 2 amide bonds. The first-order chi connectivity index (χ1) is 19.7. The second-order valence-corrected chi connectivity index (χ2v) is 10.9. The predicted molar refractivity (Wildman–Crippen MR) is 158 cm³/mol. The van der Waals surface area contributed by atoms with Crippen molar-refractivity contribution in [2.24, 2.45) is 24.8 Å². The van der Waals surface area contributed by atoms with E-state index >= 15 is 0 Å². The molecular formula is C31H37FN6O3. The molecule has 0 saturated carbocycles. The highest BCUT2D eigenvalue weighted by Gasteiger charge is 2.40. The van der Waals surface area contributed by atoms with Crippen LogP contribution in [0.5, 0.6) is 0 Å². The van der Waals surface area contributed by atoms with Crippen molar-refractivity contribution in [3.63, 3.8) is 0 Å². The fourth-order valence-corrected chi connectivity index (χ4v) is 5.91. The average molecular weight is 561 g/mol. The molecular weight excluding hydrogens is 523 g/mol. The van der Waals surface area contributed by atoms with E-state index in [4.69, 9.17) is 9.84 Å². The van der Waals surface area contributed by atoms with E-state index < -0.39 is 0 Å². The van der Waals surface area contributed by atoms with Crippen LogP contribution in [0, 0.1) is 24.7 Å². The summed E-state index contributed by atoms with van der Waals surface area (Å²) in [5, 5.41) is 11.1. The minimum Gasteiger partial charge on any atom is -0.383 e. The minimum atomic E-state index is -0.338.